The Balaban J connectivity index is 2.43. The zero-order valence-electron chi connectivity index (χ0n) is 17.1. The molecule has 0 amide bonds. The molecule has 0 bridgehead atoms. The first-order valence-corrected chi connectivity index (χ1v) is 9.25. The van der Waals surface area contributed by atoms with Crippen LogP contribution in [0.1, 0.15) is 27.0 Å². The van der Waals surface area contributed by atoms with Crippen molar-refractivity contribution >= 4 is 5.78 Å². The van der Waals surface area contributed by atoms with Gasteiger partial charge in [0.05, 0.1) is 28.1 Å². The summed E-state index contributed by atoms with van der Waals surface area (Å²) < 4.78 is 171. The maximum Gasteiger partial charge on any atom is 0.455 e. The van der Waals surface area contributed by atoms with Gasteiger partial charge in [-0.2, -0.15) is 52.7 Å². The molecule has 1 aromatic heterocycles. The molecule has 4 nitrogen and oxygen atoms in total. The molecule has 0 fully saturated rings. The number of Topliss-reactive ketones (excluding diaryl/α,β-unsaturated/α-hetero) is 1. The number of hydrogen-bond acceptors (Lipinski definition) is 2. The van der Waals surface area contributed by atoms with E-state index in [4.69, 9.17) is 0 Å². The molecule has 1 heterocycles. The summed E-state index contributed by atoms with van der Waals surface area (Å²) in [7, 11) is 0. The highest BCUT2D eigenvalue weighted by atomic mass is 19.4. The van der Waals surface area contributed by atoms with Crippen molar-refractivity contribution in [1.29, 1.82) is 0 Å². The summed E-state index contributed by atoms with van der Waals surface area (Å²) in [5.74, 6) is -4.72. The van der Waals surface area contributed by atoms with Crippen LogP contribution in [0.15, 0.2) is 41.2 Å². The van der Waals surface area contributed by atoms with E-state index in [2.05, 4.69) is 0 Å². The largest absolute Gasteiger partial charge is 0.455 e. The third kappa shape index (κ3) is 5.64. The van der Waals surface area contributed by atoms with Gasteiger partial charge in [-0.25, -0.2) is 9.07 Å². The molecular formula is C20H7F13N2O2. The van der Waals surface area contributed by atoms with E-state index in [0.717, 1.165) is 0 Å². The number of hydrogen-bond donors (Lipinski definition) is 1. The minimum atomic E-state index is -5.88. The number of H-pyrrole nitrogens is 1. The number of nitrogens with zero attached hydrogens (tertiary/aromatic N) is 1. The van der Waals surface area contributed by atoms with Gasteiger partial charge in [-0.1, -0.05) is 0 Å². The monoisotopic (exact) mass is 554 g/mol. The fraction of sp³-hybridized carbons (Fsp3) is 0.200. The van der Waals surface area contributed by atoms with Crippen molar-refractivity contribution in [3.05, 3.63) is 74.8 Å². The second kappa shape index (κ2) is 8.65. The van der Waals surface area contributed by atoms with Crippen molar-refractivity contribution in [2.24, 2.45) is 0 Å². The molecule has 37 heavy (non-hydrogen) atoms. The quantitative estimate of drug-likeness (QED) is 0.287. The maximum atomic E-state index is 13.9. The highest BCUT2D eigenvalue weighted by Gasteiger charge is 2.44. The third-order valence-corrected chi connectivity index (χ3v) is 4.72. The maximum absolute atomic E-state index is 13.9. The second-order valence-electron chi connectivity index (χ2n) is 7.32. The van der Waals surface area contributed by atoms with Crippen LogP contribution in [0.5, 0.6) is 0 Å². The minimum absolute atomic E-state index is 0.0130. The van der Waals surface area contributed by atoms with E-state index in [1.807, 2.05) is 0 Å². The highest BCUT2D eigenvalue weighted by Crippen LogP contribution is 2.38. The molecule has 0 spiro atoms. The first kappa shape index (κ1) is 27.8. The molecule has 17 heteroatoms. The number of rotatable bonds is 3. The number of aromatic nitrogens is 2. The van der Waals surface area contributed by atoms with Crippen LogP contribution in [0, 0.1) is 5.82 Å². The van der Waals surface area contributed by atoms with Crippen molar-refractivity contribution in [3.8, 4) is 16.9 Å². The molecular weight excluding hydrogens is 547 g/mol. The summed E-state index contributed by atoms with van der Waals surface area (Å²) in [4.78, 5) is 24.6. The molecule has 0 radical (unpaired) electrons. The van der Waals surface area contributed by atoms with E-state index in [1.54, 1.807) is 5.10 Å². The number of aromatic amines is 1. The molecule has 200 valence electrons. The molecule has 0 aliphatic rings. The molecule has 0 unspecified atom stereocenters. The molecule has 3 aromatic rings. The van der Waals surface area contributed by atoms with Gasteiger partial charge in [0, 0.05) is 5.56 Å². The predicted octanol–water partition coefficient (Wildman–Crippen LogP) is 6.77. The Labute approximate surface area is 194 Å². The average molecular weight is 554 g/mol. The Kier molecular flexibility index (Phi) is 6.50. The number of nitrogens with one attached hydrogen (secondary N) is 1. The van der Waals surface area contributed by atoms with E-state index in [1.165, 1.54) is 0 Å². The SMILES string of the molecule is O=C(c1c(-c2cc(F)cc(C(F)(F)F)c2)[nH]n(-c2cc(C(F)(F)F)cc(C(F)(F)F)c2)c1=O)C(F)(F)F. The number of ketones is 1. The number of halogens is 13. The van der Waals surface area contributed by atoms with Crippen LogP contribution in [0.4, 0.5) is 57.1 Å². The fourth-order valence-electron chi connectivity index (χ4n) is 3.15. The van der Waals surface area contributed by atoms with Crippen LogP contribution in [0.25, 0.3) is 16.9 Å². The van der Waals surface area contributed by atoms with E-state index in [-0.39, 0.29) is 41.1 Å². The summed E-state index contributed by atoms with van der Waals surface area (Å²) >= 11 is 0. The summed E-state index contributed by atoms with van der Waals surface area (Å²) in [5, 5.41) is 1.61. The Morgan fingerprint density at radius 3 is 1.57 bits per heavy atom. The number of alkyl halides is 12. The normalized spacial score (nSPS) is 13.2. The van der Waals surface area contributed by atoms with Gasteiger partial charge in [0.25, 0.3) is 11.3 Å². The summed E-state index contributed by atoms with van der Waals surface area (Å²) in [6.07, 6.45) is -22.1. The van der Waals surface area contributed by atoms with E-state index >= 15 is 0 Å². The van der Waals surface area contributed by atoms with Gasteiger partial charge in [0.15, 0.2) is 0 Å². The first-order chi connectivity index (χ1) is 16.6. The van der Waals surface area contributed by atoms with Crippen molar-refractivity contribution in [1.82, 2.24) is 9.78 Å². The Morgan fingerprint density at radius 1 is 0.676 bits per heavy atom. The van der Waals surface area contributed by atoms with Crippen LogP contribution in [-0.4, -0.2) is 21.7 Å². The van der Waals surface area contributed by atoms with Gasteiger partial charge in [0.1, 0.15) is 11.4 Å². The molecule has 1 N–H and O–H groups in total. The number of carbonyl (C=O) groups excluding carboxylic acids is 1. The fourth-order valence-corrected chi connectivity index (χ4v) is 3.15. The van der Waals surface area contributed by atoms with E-state index < -0.39 is 81.1 Å². The lowest BCUT2D eigenvalue weighted by atomic mass is 10.0. The van der Waals surface area contributed by atoms with Crippen molar-refractivity contribution in [2.75, 3.05) is 0 Å². The van der Waals surface area contributed by atoms with Crippen LogP contribution in [0.3, 0.4) is 0 Å². The van der Waals surface area contributed by atoms with Crippen molar-refractivity contribution < 1.29 is 61.9 Å². The van der Waals surface area contributed by atoms with Gasteiger partial charge in [-0.15, -0.1) is 0 Å². The lowest BCUT2D eigenvalue weighted by molar-refractivity contribution is -0.143. The predicted molar refractivity (Wildman–Crippen MR) is 97.2 cm³/mol. The topological polar surface area (TPSA) is 54.9 Å². The Hall–Kier alpha value is -3.79. The molecule has 0 aliphatic heterocycles. The molecule has 3 rings (SSSR count). The zero-order chi connectivity index (χ0) is 28.3. The van der Waals surface area contributed by atoms with Crippen LogP contribution >= 0.6 is 0 Å². The molecule has 0 atom stereocenters. The van der Waals surface area contributed by atoms with Crippen molar-refractivity contribution in [3.63, 3.8) is 0 Å². The van der Waals surface area contributed by atoms with Gasteiger partial charge >= 0.3 is 24.7 Å². The van der Waals surface area contributed by atoms with E-state index in [0.29, 0.717) is 0 Å². The molecule has 2 aromatic carbocycles. The third-order valence-electron chi connectivity index (χ3n) is 4.72. The van der Waals surface area contributed by atoms with Crippen molar-refractivity contribution in [2.45, 2.75) is 24.7 Å². The van der Waals surface area contributed by atoms with E-state index in [9.17, 15) is 66.7 Å². The zero-order valence-corrected chi connectivity index (χ0v) is 17.1. The van der Waals surface area contributed by atoms with Crippen LogP contribution in [0.2, 0.25) is 0 Å². The van der Waals surface area contributed by atoms with Gasteiger partial charge in [0.2, 0.25) is 0 Å². The number of carbonyl (C=O) groups is 1. The molecule has 0 saturated heterocycles. The summed E-state index contributed by atoms with van der Waals surface area (Å²) in [6, 6.07) is -0.476. The summed E-state index contributed by atoms with van der Waals surface area (Å²) in [5.41, 5.74) is -14.0. The standard InChI is InChI=1S/C20H7F13N2O2/c21-11-2-7(1-8(4-11)17(22,23)24)14-13(15(36)20(31,32)33)16(37)35(34-14)12-5-9(18(25,26)27)3-10(6-12)19(28,29)30/h1-6,34H. The highest BCUT2D eigenvalue weighted by molar-refractivity contribution is 6.04. The lowest BCUT2D eigenvalue weighted by Crippen LogP contribution is -2.30. The lowest BCUT2D eigenvalue weighted by Gasteiger charge is -2.14. The Morgan fingerprint density at radius 2 is 1.14 bits per heavy atom. The van der Waals surface area contributed by atoms with Gasteiger partial charge in [-0.05, 0) is 36.4 Å². The molecule has 0 saturated carbocycles. The van der Waals surface area contributed by atoms with Gasteiger partial charge < -0.3 is 0 Å². The molecule has 0 aliphatic carbocycles. The van der Waals surface area contributed by atoms with Gasteiger partial charge in [-0.3, -0.25) is 14.7 Å². The summed E-state index contributed by atoms with van der Waals surface area (Å²) in [6.45, 7) is 0. The second-order valence-corrected chi connectivity index (χ2v) is 7.32. The Bertz CT molecular complexity index is 1390. The van der Waals surface area contributed by atoms with Crippen LogP contribution in [-0.2, 0) is 18.5 Å². The smallest absolute Gasteiger partial charge is 0.290 e. The van der Waals surface area contributed by atoms with Crippen LogP contribution < -0.4 is 5.56 Å². The average Bonchev–Trinajstić information content (AvgIpc) is 3.06. The number of benzene rings is 2. The minimum Gasteiger partial charge on any atom is -0.290 e. The first-order valence-electron chi connectivity index (χ1n) is 9.25.